The summed E-state index contributed by atoms with van der Waals surface area (Å²) in [6.45, 7) is 3.76. The van der Waals surface area contributed by atoms with Gasteiger partial charge in [0.2, 0.25) is 5.91 Å². The molecular formula is C48H94NO12P. The van der Waals surface area contributed by atoms with Crippen LogP contribution in [0.1, 0.15) is 226 Å². The maximum atomic E-state index is 13.0. The van der Waals surface area contributed by atoms with E-state index < -0.39 is 75.2 Å². The molecule has 1 fully saturated rings. The lowest BCUT2D eigenvalue weighted by molar-refractivity contribution is -0.220. The Morgan fingerprint density at radius 3 is 1.32 bits per heavy atom. The fourth-order valence-electron chi connectivity index (χ4n) is 8.24. The second-order valence-corrected chi connectivity index (χ2v) is 19.6. The van der Waals surface area contributed by atoms with E-state index in [-0.39, 0.29) is 6.42 Å². The molecule has 368 valence electrons. The number of phosphoric ester groups is 1. The van der Waals surface area contributed by atoms with E-state index in [0.29, 0.717) is 12.8 Å². The van der Waals surface area contributed by atoms with Gasteiger partial charge in [-0.2, -0.15) is 0 Å². The minimum absolute atomic E-state index is 0.240. The molecule has 1 aliphatic rings. The van der Waals surface area contributed by atoms with Crippen molar-refractivity contribution in [3.8, 4) is 0 Å². The van der Waals surface area contributed by atoms with Gasteiger partial charge in [0.25, 0.3) is 0 Å². The molecule has 8 atom stereocenters. The summed E-state index contributed by atoms with van der Waals surface area (Å²) in [5.74, 6) is -0.589. The zero-order valence-electron chi connectivity index (χ0n) is 39.1. The third-order valence-corrected chi connectivity index (χ3v) is 13.4. The topological polar surface area (TPSA) is 226 Å². The Kier molecular flexibility index (Phi) is 36.4. The molecule has 0 spiro atoms. The van der Waals surface area contributed by atoms with Gasteiger partial charge in [0.05, 0.1) is 31.3 Å². The number of phosphoric acid groups is 1. The smallest absolute Gasteiger partial charge is 0.393 e. The van der Waals surface area contributed by atoms with Crippen LogP contribution in [0.5, 0.6) is 0 Å². The predicted molar refractivity (Wildman–Crippen MR) is 247 cm³/mol. The molecule has 62 heavy (non-hydrogen) atoms. The molecule has 0 radical (unpaired) electrons. The first-order valence-electron chi connectivity index (χ1n) is 25.2. The van der Waals surface area contributed by atoms with Crippen molar-refractivity contribution in [2.75, 3.05) is 6.61 Å². The summed E-state index contributed by atoms with van der Waals surface area (Å²) < 4.78 is 22.9. The minimum Gasteiger partial charge on any atom is -0.393 e. The summed E-state index contributed by atoms with van der Waals surface area (Å²) in [6, 6.07) is -1.24. The first-order valence-corrected chi connectivity index (χ1v) is 26.7. The quantitative estimate of drug-likeness (QED) is 0.0159. The first kappa shape index (κ1) is 59.1. The number of unbranched alkanes of at least 4 members (excludes halogenated alkanes) is 29. The molecule has 1 amide bonds. The van der Waals surface area contributed by atoms with Crippen LogP contribution < -0.4 is 5.32 Å². The lowest BCUT2D eigenvalue weighted by Gasteiger charge is -2.41. The number of allylic oxidation sites excluding steroid dienone is 1. The van der Waals surface area contributed by atoms with Crippen molar-refractivity contribution in [3.63, 3.8) is 0 Å². The van der Waals surface area contributed by atoms with E-state index in [1.165, 1.54) is 154 Å². The predicted octanol–water partition coefficient (Wildman–Crippen LogP) is 8.98. The highest BCUT2D eigenvalue weighted by molar-refractivity contribution is 7.47. The number of hydrogen-bond acceptors (Lipinski definition) is 11. The van der Waals surface area contributed by atoms with Crippen molar-refractivity contribution < 1.29 is 59.0 Å². The normalized spacial score (nSPS) is 23.1. The molecule has 0 bridgehead atoms. The zero-order chi connectivity index (χ0) is 45.9. The molecule has 1 saturated carbocycles. The molecule has 1 rings (SSSR count). The van der Waals surface area contributed by atoms with Crippen LogP contribution in [0.2, 0.25) is 0 Å². The molecule has 0 aromatic heterocycles. The summed E-state index contributed by atoms with van der Waals surface area (Å²) in [7, 11) is -5.14. The van der Waals surface area contributed by atoms with Crippen LogP contribution in [-0.2, 0) is 18.4 Å². The van der Waals surface area contributed by atoms with Crippen molar-refractivity contribution in [2.24, 2.45) is 0 Å². The molecule has 1 aliphatic carbocycles. The number of hydrogen-bond donors (Lipinski definition) is 9. The summed E-state index contributed by atoms with van der Waals surface area (Å²) in [4.78, 5) is 23.5. The zero-order valence-corrected chi connectivity index (χ0v) is 39.9. The largest absolute Gasteiger partial charge is 0.472 e. The van der Waals surface area contributed by atoms with Crippen LogP contribution in [0.25, 0.3) is 0 Å². The van der Waals surface area contributed by atoms with E-state index in [4.69, 9.17) is 9.05 Å². The van der Waals surface area contributed by atoms with Crippen molar-refractivity contribution in [1.82, 2.24) is 5.32 Å². The number of carbonyl (C=O) groups excluding carboxylic acids is 1. The van der Waals surface area contributed by atoms with E-state index in [2.05, 4.69) is 19.2 Å². The molecule has 0 saturated heterocycles. The minimum atomic E-state index is -5.14. The van der Waals surface area contributed by atoms with E-state index in [1.54, 1.807) is 6.08 Å². The third kappa shape index (κ3) is 29.5. The number of aliphatic hydroxyl groups excluding tert-OH is 7. The summed E-state index contributed by atoms with van der Waals surface area (Å²) in [6.07, 6.45) is 27.2. The van der Waals surface area contributed by atoms with Gasteiger partial charge in [-0.3, -0.25) is 13.8 Å². The molecule has 8 unspecified atom stereocenters. The number of aliphatic hydroxyl groups is 7. The summed E-state index contributed by atoms with van der Waals surface area (Å²) in [5.41, 5.74) is 0. The highest BCUT2D eigenvalue weighted by atomic mass is 31.2. The first-order chi connectivity index (χ1) is 29.8. The van der Waals surface area contributed by atoms with E-state index in [9.17, 15) is 50.0 Å². The van der Waals surface area contributed by atoms with Gasteiger partial charge in [-0.1, -0.05) is 212 Å². The van der Waals surface area contributed by atoms with E-state index in [1.807, 2.05) is 0 Å². The Morgan fingerprint density at radius 1 is 0.565 bits per heavy atom. The Morgan fingerprint density at radius 2 is 0.919 bits per heavy atom. The number of rotatable bonds is 42. The number of nitrogens with one attached hydrogen (secondary N) is 1. The Bertz CT molecular complexity index is 1120. The molecule has 0 aromatic rings. The van der Waals surface area contributed by atoms with Gasteiger partial charge in [-0.05, 0) is 19.3 Å². The maximum Gasteiger partial charge on any atom is 0.472 e. The highest BCUT2D eigenvalue weighted by Gasteiger charge is 2.51. The maximum absolute atomic E-state index is 13.0. The Balaban J connectivity index is 2.51. The summed E-state index contributed by atoms with van der Waals surface area (Å²) in [5, 5.41) is 74.6. The van der Waals surface area contributed by atoms with E-state index >= 15 is 0 Å². The van der Waals surface area contributed by atoms with Gasteiger partial charge in [0.1, 0.15) is 36.6 Å². The van der Waals surface area contributed by atoms with Gasteiger partial charge >= 0.3 is 7.82 Å². The van der Waals surface area contributed by atoms with Gasteiger partial charge in [-0.25, -0.2) is 4.57 Å². The van der Waals surface area contributed by atoms with Crippen LogP contribution in [0, 0.1) is 0 Å². The van der Waals surface area contributed by atoms with Crippen LogP contribution >= 0.6 is 7.82 Å². The number of amides is 1. The van der Waals surface area contributed by atoms with Gasteiger partial charge in [0, 0.05) is 0 Å². The highest BCUT2D eigenvalue weighted by Crippen LogP contribution is 2.47. The second kappa shape index (κ2) is 38.2. The fourth-order valence-corrected chi connectivity index (χ4v) is 9.21. The Labute approximate surface area is 376 Å². The van der Waals surface area contributed by atoms with Crippen LogP contribution in [0.15, 0.2) is 12.2 Å². The molecule has 0 aromatic carbocycles. The van der Waals surface area contributed by atoms with Crippen LogP contribution in [-0.4, -0.2) is 108 Å². The molecular weight excluding hydrogens is 813 g/mol. The molecule has 0 aliphatic heterocycles. The molecule has 14 heteroatoms. The average Bonchev–Trinajstić information content (AvgIpc) is 3.24. The molecule has 0 heterocycles. The van der Waals surface area contributed by atoms with Crippen molar-refractivity contribution >= 4 is 13.7 Å². The molecule has 13 nitrogen and oxygen atoms in total. The average molecular weight is 908 g/mol. The van der Waals surface area contributed by atoms with Gasteiger partial charge in [-0.15, -0.1) is 0 Å². The van der Waals surface area contributed by atoms with Crippen molar-refractivity contribution in [2.45, 2.75) is 281 Å². The van der Waals surface area contributed by atoms with Crippen molar-refractivity contribution in [3.05, 3.63) is 12.2 Å². The molecule has 9 N–H and O–H groups in total. The fraction of sp³-hybridized carbons (Fsp3) is 0.938. The van der Waals surface area contributed by atoms with Gasteiger partial charge in [0.15, 0.2) is 0 Å². The summed E-state index contributed by atoms with van der Waals surface area (Å²) >= 11 is 0. The monoisotopic (exact) mass is 908 g/mol. The van der Waals surface area contributed by atoms with Gasteiger partial charge < -0.3 is 46.0 Å². The van der Waals surface area contributed by atoms with Crippen LogP contribution in [0.4, 0.5) is 0 Å². The third-order valence-electron chi connectivity index (χ3n) is 12.4. The van der Waals surface area contributed by atoms with Crippen LogP contribution in [0.3, 0.4) is 0 Å². The van der Waals surface area contributed by atoms with E-state index in [0.717, 1.165) is 44.9 Å². The second-order valence-electron chi connectivity index (χ2n) is 18.2. The SMILES string of the molecule is CCCCCCCCCCCCCCCCC/C=C/C(O)C(COP(=O)(O)OC1C(O)C(O)C(O)C(O)C1O)NC(=O)CC(O)CCCCCCCCCCCCCCCCC. The number of carbonyl (C=O) groups is 1. The lowest BCUT2D eigenvalue weighted by Crippen LogP contribution is -2.64. The van der Waals surface area contributed by atoms with Crippen molar-refractivity contribution in [1.29, 1.82) is 0 Å². The standard InChI is InChI=1S/C48H94NO12P/c1-3-5-7-9-11-13-15-17-19-20-22-24-26-28-30-32-34-36-41(51)40(38-60-62(58,59)61-48-46(56)44(54)43(53)45(55)47(48)57)49-42(52)37-39(50)35-33-31-29-27-25-23-21-18-16-14-12-10-8-6-4-2/h34,36,39-41,43-48,50-51,53-57H,3-33,35,37-38H2,1-2H3,(H,49,52)(H,58,59)/b36-34+. The lowest BCUT2D eigenvalue weighted by atomic mass is 9.85. The Hall–Kier alpha value is -0.960.